The molecule has 0 saturated heterocycles. The summed E-state index contributed by atoms with van der Waals surface area (Å²) in [5, 5.41) is 3.08. The van der Waals surface area contributed by atoms with Crippen molar-refractivity contribution in [3.05, 3.63) is 54.1 Å². The maximum Gasteiger partial charge on any atom is 0.242 e. The molecule has 2 aromatic rings. The van der Waals surface area contributed by atoms with E-state index in [0.29, 0.717) is 24.3 Å². The van der Waals surface area contributed by atoms with E-state index < -0.39 is 15.6 Å². The van der Waals surface area contributed by atoms with Crippen LogP contribution in [0.3, 0.4) is 0 Å². The Morgan fingerprint density at radius 1 is 1.23 bits per heavy atom. The van der Waals surface area contributed by atoms with Crippen LogP contribution in [0.25, 0.3) is 0 Å². The van der Waals surface area contributed by atoms with Crippen molar-refractivity contribution in [1.29, 1.82) is 0 Å². The fraction of sp³-hybridized carbons (Fsp3) is 0.435. The Kier molecular flexibility index (Phi) is 6.91. The van der Waals surface area contributed by atoms with Crippen LogP contribution in [0.5, 0.6) is 11.5 Å². The lowest BCUT2D eigenvalue weighted by molar-refractivity contribution is -0.122. The molecule has 8 heteroatoms. The molecule has 0 fully saturated rings. The molecule has 0 unspecified atom stereocenters. The van der Waals surface area contributed by atoms with Crippen LogP contribution in [0.2, 0.25) is 0 Å². The number of sulfonamides is 1. The summed E-state index contributed by atoms with van der Waals surface area (Å²) in [5.41, 5.74) is 0.485. The van der Waals surface area contributed by atoms with Gasteiger partial charge >= 0.3 is 0 Å². The summed E-state index contributed by atoms with van der Waals surface area (Å²) in [6, 6.07) is 13.7. The second-order valence-electron chi connectivity index (χ2n) is 8.33. The first-order chi connectivity index (χ1) is 14.6. The molecule has 0 spiro atoms. The predicted octanol–water partition coefficient (Wildman–Crippen LogP) is 3.51. The number of hydrogen-bond acceptors (Lipinski definition) is 5. The maximum absolute atomic E-state index is 12.6. The van der Waals surface area contributed by atoms with Gasteiger partial charge in [0, 0.05) is 38.1 Å². The summed E-state index contributed by atoms with van der Waals surface area (Å²) in [5.74, 6) is 1.29. The monoisotopic (exact) mass is 446 g/mol. The standard InChI is InChI=1S/C23H30N2O5S/c1-23(2)16-20(19-13-12-17(29-4)15-21(19)30-23)24-22(26)11-8-14-25(3)31(27,28)18-9-6-5-7-10-18/h5-7,9-10,12-13,15,20H,8,11,14,16H2,1-4H3,(H,24,26)/t20-/m1/s1. The molecule has 0 radical (unpaired) electrons. The van der Waals surface area contributed by atoms with Gasteiger partial charge in [0.2, 0.25) is 15.9 Å². The molecule has 1 N–H and O–H groups in total. The number of nitrogens with zero attached hydrogens (tertiary/aromatic N) is 1. The number of fused-ring (bicyclic) bond motifs is 1. The number of rotatable bonds is 8. The van der Waals surface area contributed by atoms with Crippen molar-refractivity contribution < 1.29 is 22.7 Å². The van der Waals surface area contributed by atoms with Gasteiger partial charge in [0.1, 0.15) is 17.1 Å². The van der Waals surface area contributed by atoms with Crippen molar-refractivity contribution in [2.45, 2.75) is 49.6 Å². The van der Waals surface area contributed by atoms with E-state index >= 15 is 0 Å². The number of carbonyl (C=O) groups excluding carboxylic acids is 1. The second kappa shape index (κ2) is 9.28. The maximum atomic E-state index is 12.6. The van der Waals surface area contributed by atoms with Gasteiger partial charge in [-0.2, -0.15) is 0 Å². The lowest BCUT2D eigenvalue weighted by Crippen LogP contribution is -2.41. The Hall–Kier alpha value is -2.58. The summed E-state index contributed by atoms with van der Waals surface area (Å²) in [4.78, 5) is 12.9. The molecule has 1 atom stereocenters. The van der Waals surface area contributed by atoms with Gasteiger partial charge in [0.05, 0.1) is 18.0 Å². The molecule has 1 heterocycles. The van der Waals surface area contributed by atoms with E-state index in [-0.39, 0.29) is 29.8 Å². The van der Waals surface area contributed by atoms with E-state index in [4.69, 9.17) is 9.47 Å². The third kappa shape index (κ3) is 5.57. The Morgan fingerprint density at radius 2 is 1.94 bits per heavy atom. The van der Waals surface area contributed by atoms with E-state index in [2.05, 4.69) is 5.32 Å². The average Bonchev–Trinajstić information content (AvgIpc) is 2.72. The smallest absolute Gasteiger partial charge is 0.242 e. The molecule has 1 aliphatic heterocycles. The number of ether oxygens (including phenoxy) is 2. The van der Waals surface area contributed by atoms with Gasteiger partial charge in [0.15, 0.2) is 0 Å². The summed E-state index contributed by atoms with van der Waals surface area (Å²) in [7, 11) is -0.419. The van der Waals surface area contributed by atoms with Crippen LogP contribution >= 0.6 is 0 Å². The Balaban J connectivity index is 1.59. The van der Waals surface area contributed by atoms with Crippen molar-refractivity contribution >= 4 is 15.9 Å². The quantitative estimate of drug-likeness (QED) is 0.671. The lowest BCUT2D eigenvalue weighted by atomic mass is 9.89. The van der Waals surface area contributed by atoms with Crippen LogP contribution in [0.1, 0.15) is 44.7 Å². The molecular weight excluding hydrogens is 416 g/mol. The average molecular weight is 447 g/mol. The minimum Gasteiger partial charge on any atom is -0.497 e. The summed E-state index contributed by atoms with van der Waals surface area (Å²) >= 11 is 0. The van der Waals surface area contributed by atoms with Gasteiger partial charge in [-0.1, -0.05) is 18.2 Å². The molecule has 7 nitrogen and oxygen atoms in total. The van der Waals surface area contributed by atoms with Crippen LogP contribution in [-0.4, -0.2) is 44.9 Å². The van der Waals surface area contributed by atoms with E-state index in [1.807, 2.05) is 32.0 Å². The van der Waals surface area contributed by atoms with E-state index in [1.165, 1.54) is 11.4 Å². The van der Waals surface area contributed by atoms with Gasteiger partial charge in [-0.15, -0.1) is 0 Å². The van der Waals surface area contributed by atoms with Gasteiger partial charge < -0.3 is 14.8 Å². The number of nitrogens with one attached hydrogen (secondary N) is 1. The second-order valence-corrected chi connectivity index (χ2v) is 10.4. The van der Waals surface area contributed by atoms with Gasteiger partial charge in [-0.25, -0.2) is 12.7 Å². The Bertz CT molecular complexity index is 1020. The highest BCUT2D eigenvalue weighted by molar-refractivity contribution is 7.89. The molecule has 1 aliphatic rings. The molecule has 2 aromatic carbocycles. The first kappa shape index (κ1) is 23.1. The van der Waals surface area contributed by atoms with Crippen LogP contribution in [0.4, 0.5) is 0 Å². The molecule has 0 bridgehead atoms. The first-order valence-electron chi connectivity index (χ1n) is 10.3. The van der Waals surface area contributed by atoms with Crippen LogP contribution in [0, 0.1) is 0 Å². The minimum absolute atomic E-state index is 0.116. The van der Waals surface area contributed by atoms with Crippen LogP contribution in [0.15, 0.2) is 53.4 Å². The zero-order valence-electron chi connectivity index (χ0n) is 18.4. The fourth-order valence-corrected chi connectivity index (χ4v) is 4.94. The fourth-order valence-electron chi connectivity index (χ4n) is 3.71. The van der Waals surface area contributed by atoms with E-state index in [9.17, 15) is 13.2 Å². The molecule has 31 heavy (non-hydrogen) atoms. The molecule has 1 amide bonds. The minimum atomic E-state index is -3.55. The largest absolute Gasteiger partial charge is 0.497 e. The van der Waals surface area contributed by atoms with E-state index in [1.54, 1.807) is 37.4 Å². The predicted molar refractivity (Wildman–Crippen MR) is 119 cm³/mol. The Morgan fingerprint density at radius 3 is 2.61 bits per heavy atom. The third-order valence-corrected chi connectivity index (χ3v) is 7.21. The number of methoxy groups -OCH3 is 1. The summed E-state index contributed by atoms with van der Waals surface area (Å²) in [6.07, 6.45) is 1.30. The molecule has 0 aromatic heterocycles. The highest BCUT2D eigenvalue weighted by Gasteiger charge is 2.34. The van der Waals surface area contributed by atoms with Crippen molar-refractivity contribution in [2.75, 3.05) is 20.7 Å². The first-order valence-corrected chi connectivity index (χ1v) is 11.7. The zero-order chi connectivity index (χ0) is 22.6. The zero-order valence-corrected chi connectivity index (χ0v) is 19.2. The van der Waals surface area contributed by atoms with Crippen molar-refractivity contribution in [3.63, 3.8) is 0 Å². The molecule has 0 saturated carbocycles. The van der Waals surface area contributed by atoms with Gasteiger partial charge in [-0.05, 0) is 44.5 Å². The van der Waals surface area contributed by atoms with Crippen LogP contribution in [-0.2, 0) is 14.8 Å². The highest BCUT2D eigenvalue weighted by Crippen LogP contribution is 2.41. The topological polar surface area (TPSA) is 84.9 Å². The molecule has 0 aliphatic carbocycles. The SMILES string of the molecule is COc1ccc2c(c1)OC(C)(C)C[C@H]2NC(=O)CCCN(C)S(=O)(=O)c1ccccc1. The number of amides is 1. The van der Waals surface area contributed by atoms with Crippen molar-refractivity contribution in [2.24, 2.45) is 0 Å². The van der Waals surface area contributed by atoms with Gasteiger partial charge in [-0.3, -0.25) is 4.79 Å². The number of carbonyl (C=O) groups is 1. The van der Waals surface area contributed by atoms with Crippen molar-refractivity contribution in [1.82, 2.24) is 9.62 Å². The molecule has 168 valence electrons. The summed E-state index contributed by atoms with van der Waals surface area (Å²) in [6.45, 7) is 4.23. The van der Waals surface area contributed by atoms with Crippen LogP contribution < -0.4 is 14.8 Å². The highest BCUT2D eigenvalue weighted by atomic mass is 32.2. The summed E-state index contributed by atoms with van der Waals surface area (Å²) < 4.78 is 37.8. The lowest BCUT2D eigenvalue weighted by Gasteiger charge is -2.38. The van der Waals surface area contributed by atoms with Crippen molar-refractivity contribution in [3.8, 4) is 11.5 Å². The van der Waals surface area contributed by atoms with Gasteiger partial charge in [0.25, 0.3) is 0 Å². The molecular formula is C23H30N2O5S. The third-order valence-electron chi connectivity index (χ3n) is 5.34. The number of benzene rings is 2. The normalized spacial score (nSPS) is 17.5. The van der Waals surface area contributed by atoms with E-state index in [0.717, 1.165) is 5.56 Å². The number of hydrogen-bond donors (Lipinski definition) is 1. The Labute approximate surface area is 184 Å². The molecule has 3 rings (SSSR count).